The lowest BCUT2D eigenvalue weighted by Crippen LogP contribution is -2.07. The van der Waals surface area contributed by atoms with Gasteiger partial charge in [0.2, 0.25) is 0 Å². The maximum Gasteiger partial charge on any atom is 0.138 e. The van der Waals surface area contributed by atoms with Crippen molar-refractivity contribution in [1.29, 1.82) is 0 Å². The van der Waals surface area contributed by atoms with Crippen molar-refractivity contribution in [2.45, 2.75) is 19.1 Å². The highest BCUT2D eigenvalue weighted by atomic mass is 35.5. The normalized spacial score (nSPS) is 10.3. The monoisotopic (exact) mass is 245 g/mol. The smallest absolute Gasteiger partial charge is 0.138 e. The van der Waals surface area contributed by atoms with Gasteiger partial charge in [0.15, 0.2) is 0 Å². The van der Waals surface area contributed by atoms with E-state index in [0.717, 1.165) is 15.0 Å². The molecule has 0 atom stereocenters. The molecule has 76 valence electrons. The number of halogens is 1. The van der Waals surface area contributed by atoms with E-state index in [1.807, 2.05) is 24.3 Å². The molecule has 4 heteroatoms. The Morgan fingerprint density at radius 2 is 1.93 bits per heavy atom. The van der Waals surface area contributed by atoms with E-state index in [0.29, 0.717) is 5.25 Å². The summed E-state index contributed by atoms with van der Waals surface area (Å²) in [6, 6.07) is 7.50. The second kappa shape index (κ2) is 5.59. The summed E-state index contributed by atoms with van der Waals surface area (Å²) in [5.41, 5.74) is 0.979. The van der Waals surface area contributed by atoms with Gasteiger partial charge in [-0.1, -0.05) is 49.4 Å². The van der Waals surface area contributed by atoms with Crippen LogP contribution in [0.4, 0.5) is 5.69 Å². The highest BCUT2D eigenvalue weighted by molar-refractivity contribution is 8.23. The number of thiocarbonyl (C=S) groups is 1. The summed E-state index contributed by atoms with van der Waals surface area (Å²) in [7, 11) is 0. The third kappa shape index (κ3) is 4.31. The average Bonchev–Trinajstić information content (AvgIpc) is 2.07. The minimum Gasteiger partial charge on any atom is -0.341 e. The van der Waals surface area contributed by atoms with Crippen molar-refractivity contribution < 1.29 is 0 Å². The summed E-state index contributed by atoms with van der Waals surface area (Å²) >= 11 is 12.6. The molecule has 0 aliphatic rings. The molecule has 1 aromatic rings. The fourth-order valence-electron chi connectivity index (χ4n) is 0.895. The number of nitrogens with one attached hydrogen (secondary N) is 1. The van der Waals surface area contributed by atoms with E-state index in [1.54, 1.807) is 11.8 Å². The number of anilines is 1. The average molecular weight is 246 g/mol. The molecular weight excluding hydrogens is 234 g/mol. The molecule has 0 aliphatic heterocycles. The first-order chi connectivity index (χ1) is 6.58. The van der Waals surface area contributed by atoms with Gasteiger partial charge >= 0.3 is 0 Å². The molecule has 1 aromatic carbocycles. The Balaban J connectivity index is 2.52. The number of rotatable bonds is 2. The molecule has 0 heterocycles. The minimum atomic E-state index is 0.502. The van der Waals surface area contributed by atoms with E-state index >= 15 is 0 Å². The van der Waals surface area contributed by atoms with Crippen molar-refractivity contribution in [2.24, 2.45) is 0 Å². The summed E-state index contributed by atoms with van der Waals surface area (Å²) in [4.78, 5) is 0. The van der Waals surface area contributed by atoms with Gasteiger partial charge in [0.05, 0.1) is 0 Å². The number of thioether (sulfide) groups is 1. The highest BCUT2D eigenvalue weighted by Crippen LogP contribution is 2.17. The van der Waals surface area contributed by atoms with Crippen LogP contribution in [0.25, 0.3) is 0 Å². The number of benzene rings is 1. The number of hydrogen-bond acceptors (Lipinski definition) is 2. The highest BCUT2D eigenvalue weighted by Gasteiger charge is 2.01. The molecular formula is C10H12ClNS2. The van der Waals surface area contributed by atoms with Crippen LogP contribution in [-0.4, -0.2) is 9.57 Å². The van der Waals surface area contributed by atoms with Crippen molar-refractivity contribution in [1.82, 2.24) is 0 Å². The quantitative estimate of drug-likeness (QED) is 0.786. The lowest BCUT2D eigenvalue weighted by molar-refractivity contribution is 1.12. The van der Waals surface area contributed by atoms with Crippen LogP contribution in [-0.2, 0) is 0 Å². The summed E-state index contributed by atoms with van der Waals surface area (Å²) in [5.74, 6) is 0. The van der Waals surface area contributed by atoms with Crippen LogP contribution in [0.15, 0.2) is 24.3 Å². The molecule has 14 heavy (non-hydrogen) atoms. The van der Waals surface area contributed by atoms with Crippen molar-refractivity contribution in [3.05, 3.63) is 29.3 Å². The van der Waals surface area contributed by atoms with Crippen molar-refractivity contribution in [3.8, 4) is 0 Å². The Hall–Kier alpha value is -0.250. The van der Waals surface area contributed by atoms with Crippen LogP contribution >= 0.6 is 35.6 Å². The molecule has 1 rings (SSSR count). The van der Waals surface area contributed by atoms with E-state index in [1.165, 1.54) is 0 Å². The van der Waals surface area contributed by atoms with E-state index in [9.17, 15) is 0 Å². The first-order valence-corrected chi connectivity index (χ1v) is 5.97. The molecule has 1 N–H and O–H groups in total. The molecule has 0 saturated heterocycles. The number of hydrogen-bond donors (Lipinski definition) is 1. The van der Waals surface area contributed by atoms with Crippen molar-refractivity contribution >= 4 is 45.6 Å². The predicted molar refractivity (Wildman–Crippen MR) is 70.4 cm³/mol. The van der Waals surface area contributed by atoms with Crippen LogP contribution in [0.5, 0.6) is 0 Å². The van der Waals surface area contributed by atoms with Gasteiger partial charge in [0, 0.05) is 16.0 Å². The van der Waals surface area contributed by atoms with Crippen LogP contribution in [0, 0.1) is 0 Å². The zero-order valence-corrected chi connectivity index (χ0v) is 10.5. The van der Waals surface area contributed by atoms with E-state index in [-0.39, 0.29) is 0 Å². The molecule has 0 radical (unpaired) electrons. The molecule has 1 nitrogen and oxygen atoms in total. The third-order valence-corrected chi connectivity index (χ3v) is 2.86. The Morgan fingerprint density at radius 3 is 2.43 bits per heavy atom. The fraction of sp³-hybridized carbons (Fsp3) is 0.300. The van der Waals surface area contributed by atoms with E-state index in [2.05, 4.69) is 19.2 Å². The summed E-state index contributed by atoms with van der Waals surface area (Å²) in [5, 5.41) is 4.37. The zero-order valence-electron chi connectivity index (χ0n) is 8.08. The van der Waals surface area contributed by atoms with Crippen LogP contribution in [0.1, 0.15) is 13.8 Å². The lowest BCUT2D eigenvalue weighted by Gasteiger charge is -2.09. The largest absolute Gasteiger partial charge is 0.341 e. The first-order valence-electron chi connectivity index (χ1n) is 4.31. The van der Waals surface area contributed by atoms with Crippen molar-refractivity contribution in [2.75, 3.05) is 5.32 Å². The first kappa shape index (κ1) is 11.8. The van der Waals surface area contributed by atoms with Gasteiger partial charge in [-0.3, -0.25) is 0 Å². The van der Waals surface area contributed by atoms with Gasteiger partial charge in [-0.25, -0.2) is 0 Å². The minimum absolute atomic E-state index is 0.502. The molecule has 0 saturated carbocycles. The Kier molecular flexibility index (Phi) is 4.72. The lowest BCUT2D eigenvalue weighted by atomic mass is 10.3. The molecule has 0 fully saturated rings. The fourth-order valence-corrected chi connectivity index (χ4v) is 2.32. The predicted octanol–water partition coefficient (Wildman–Crippen LogP) is 4.18. The van der Waals surface area contributed by atoms with Crippen LogP contribution in [0.2, 0.25) is 5.02 Å². The van der Waals surface area contributed by atoms with Gasteiger partial charge in [-0.15, -0.1) is 0 Å². The van der Waals surface area contributed by atoms with Gasteiger partial charge in [-0.2, -0.15) is 0 Å². The molecule has 0 unspecified atom stereocenters. The van der Waals surface area contributed by atoms with E-state index in [4.69, 9.17) is 23.8 Å². The molecule has 0 aromatic heterocycles. The second-order valence-corrected chi connectivity index (χ2v) is 5.78. The van der Waals surface area contributed by atoms with Gasteiger partial charge < -0.3 is 5.32 Å². The summed E-state index contributed by atoms with van der Waals surface area (Å²) < 4.78 is 0.794. The molecule has 0 amide bonds. The molecule has 0 bridgehead atoms. The summed E-state index contributed by atoms with van der Waals surface area (Å²) in [6.45, 7) is 4.22. The zero-order chi connectivity index (χ0) is 10.6. The van der Waals surface area contributed by atoms with Crippen LogP contribution in [0.3, 0.4) is 0 Å². The molecule has 0 aliphatic carbocycles. The summed E-state index contributed by atoms with van der Waals surface area (Å²) in [6.07, 6.45) is 0. The Bertz CT molecular complexity index is 308. The standard InChI is InChI=1S/C10H12ClNS2/c1-7(2)14-10(13)12-9-5-3-8(11)4-6-9/h3-7H,1-2H3,(H,12,13). The van der Waals surface area contributed by atoms with Crippen LogP contribution < -0.4 is 5.32 Å². The Morgan fingerprint density at radius 1 is 1.36 bits per heavy atom. The van der Waals surface area contributed by atoms with Gasteiger partial charge in [0.1, 0.15) is 4.32 Å². The van der Waals surface area contributed by atoms with E-state index < -0.39 is 0 Å². The third-order valence-electron chi connectivity index (χ3n) is 1.43. The Labute approximate surface area is 99.2 Å². The topological polar surface area (TPSA) is 12.0 Å². The van der Waals surface area contributed by atoms with Crippen molar-refractivity contribution in [3.63, 3.8) is 0 Å². The van der Waals surface area contributed by atoms with Gasteiger partial charge in [-0.05, 0) is 24.3 Å². The maximum atomic E-state index is 5.77. The second-order valence-electron chi connectivity index (χ2n) is 3.09. The maximum absolute atomic E-state index is 5.77. The SMILES string of the molecule is CC(C)SC(=S)Nc1ccc(Cl)cc1. The van der Waals surface area contributed by atoms with Gasteiger partial charge in [0.25, 0.3) is 0 Å². The molecule has 0 spiro atoms.